The minimum atomic E-state index is -0.0659. The monoisotopic (exact) mass is 410 g/mol. The number of nitrogens with zero attached hydrogens (tertiary/aromatic N) is 2. The summed E-state index contributed by atoms with van der Waals surface area (Å²) in [5.74, 6) is 1.21. The van der Waals surface area contributed by atoms with Crippen molar-refractivity contribution >= 4 is 39.9 Å². The fourth-order valence-electron chi connectivity index (χ4n) is 4.09. The number of fused-ring (bicyclic) bond motifs is 2. The second kappa shape index (κ2) is 8.29. The highest BCUT2D eigenvalue weighted by molar-refractivity contribution is 7.20. The number of aromatic nitrogens is 2. The molecule has 0 spiro atoms. The van der Waals surface area contributed by atoms with E-state index in [-0.39, 0.29) is 29.9 Å². The van der Waals surface area contributed by atoms with E-state index in [9.17, 15) is 9.59 Å². The molecule has 0 bridgehead atoms. The number of carbonyl (C=O) groups excluding carboxylic acids is 1. The van der Waals surface area contributed by atoms with Crippen molar-refractivity contribution in [1.29, 1.82) is 0 Å². The van der Waals surface area contributed by atoms with Gasteiger partial charge in [0.15, 0.2) is 0 Å². The minimum absolute atomic E-state index is 0. The molecule has 2 aliphatic rings. The first-order valence-electron chi connectivity index (χ1n) is 9.60. The molecule has 2 atom stereocenters. The van der Waals surface area contributed by atoms with Gasteiger partial charge in [-0.15, -0.1) is 23.7 Å². The van der Waals surface area contributed by atoms with E-state index in [1.807, 2.05) is 11.5 Å². The number of thiophene rings is 1. The van der Waals surface area contributed by atoms with Crippen molar-refractivity contribution in [3.8, 4) is 0 Å². The largest absolute Gasteiger partial charge is 0.348 e. The average molecular weight is 411 g/mol. The van der Waals surface area contributed by atoms with Crippen LogP contribution in [0.1, 0.15) is 53.7 Å². The number of hydrogen-bond donors (Lipinski definition) is 2. The number of aryl methyl sites for hydroxylation is 2. The van der Waals surface area contributed by atoms with Crippen LogP contribution in [0, 0.1) is 12.8 Å². The predicted octanol–water partition coefficient (Wildman–Crippen LogP) is 2.64. The van der Waals surface area contributed by atoms with Crippen LogP contribution in [0.2, 0.25) is 0 Å². The van der Waals surface area contributed by atoms with Crippen molar-refractivity contribution < 1.29 is 4.79 Å². The number of piperidine rings is 1. The lowest BCUT2D eigenvalue weighted by Gasteiger charge is -2.30. The lowest BCUT2D eigenvalue weighted by molar-refractivity contribution is 0.0918. The zero-order valence-electron chi connectivity index (χ0n) is 15.8. The van der Waals surface area contributed by atoms with Gasteiger partial charge in [-0.1, -0.05) is 13.3 Å². The van der Waals surface area contributed by atoms with Gasteiger partial charge >= 0.3 is 0 Å². The van der Waals surface area contributed by atoms with Crippen molar-refractivity contribution in [1.82, 2.24) is 20.2 Å². The zero-order chi connectivity index (χ0) is 18.3. The van der Waals surface area contributed by atoms with Crippen LogP contribution in [0.5, 0.6) is 0 Å². The highest BCUT2D eigenvalue weighted by Crippen LogP contribution is 2.28. The first-order chi connectivity index (χ1) is 12.6. The summed E-state index contributed by atoms with van der Waals surface area (Å²) in [4.78, 5) is 32.0. The molecule has 2 aliphatic heterocycles. The smallest absolute Gasteiger partial charge is 0.262 e. The maximum Gasteiger partial charge on any atom is 0.262 e. The van der Waals surface area contributed by atoms with Gasteiger partial charge in [-0.25, -0.2) is 4.98 Å². The molecule has 0 radical (unpaired) electrons. The molecule has 1 saturated heterocycles. The summed E-state index contributed by atoms with van der Waals surface area (Å²) in [5, 5.41) is 7.16. The third-order valence-electron chi connectivity index (χ3n) is 5.72. The van der Waals surface area contributed by atoms with E-state index in [1.165, 1.54) is 11.3 Å². The molecule has 0 aromatic carbocycles. The van der Waals surface area contributed by atoms with E-state index in [1.54, 1.807) is 0 Å². The molecule has 0 saturated carbocycles. The molecule has 1 fully saturated rings. The highest BCUT2D eigenvalue weighted by Gasteiger charge is 2.26. The molecule has 2 N–H and O–H groups in total. The van der Waals surface area contributed by atoms with E-state index in [0.29, 0.717) is 21.0 Å². The Morgan fingerprint density at radius 1 is 1.33 bits per heavy atom. The van der Waals surface area contributed by atoms with Crippen molar-refractivity contribution in [2.75, 3.05) is 13.1 Å². The Bertz CT molecular complexity index is 907. The van der Waals surface area contributed by atoms with Gasteiger partial charge in [0.25, 0.3) is 11.5 Å². The van der Waals surface area contributed by atoms with Gasteiger partial charge in [0.2, 0.25) is 0 Å². The van der Waals surface area contributed by atoms with E-state index >= 15 is 0 Å². The fraction of sp³-hybridized carbons (Fsp3) is 0.632. The van der Waals surface area contributed by atoms with E-state index < -0.39 is 0 Å². The van der Waals surface area contributed by atoms with Crippen LogP contribution >= 0.6 is 23.7 Å². The Morgan fingerprint density at radius 3 is 2.93 bits per heavy atom. The Kier molecular flexibility index (Phi) is 6.23. The number of nitrogens with one attached hydrogen (secondary N) is 2. The fourth-order valence-corrected chi connectivity index (χ4v) is 5.18. The topological polar surface area (TPSA) is 76.0 Å². The first-order valence-corrected chi connectivity index (χ1v) is 10.4. The summed E-state index contributed by atoms with van der Waals surface area (Å²) in [6, 6.07) is 0.180. The van der Waals surface area contributed by atoms with Crippen LogP contribution < -0.4 is 16.2 Å². The van der Waals surface area contributed by atoms with E-state index in [0.717, 1.165) is 63.1 Å². The molecule has 6 nitrogen and oxygen atoms in total. The van der Waals surface area contributed by atoms with Crippen LogP contribution in [0.4, 0.5) is 0 Å². The second-order valence-corrected chi connectivity index (χ2v) is 8.58. The van der Waals surface area contributed by atoms with Crippen LogP contribution in [0.15, 0.2) is 4.79 Å². The van der Waals surface area contributed by atoms with Crippen LogP contribution in [0.25, 0.3) is 10.2 Å². The molecule has 2 unspecified atom stereocenters. The van der Waals surface area contributed by atoms with Gasteiger partial charge in [-0.2, -0.15) is 0 Å². The summed E-state index contributed by atoms with van der Waals surface area (Å²) in [5.41, 5.74) is 0.802. The maximum atomic E-state index is 13.0. The lowest BCUT2D eigenvalue weighted by Crippen LogP contribution is -2.48. The van der Waals surface area contributed by atoms with Crippen LogP contribution in [-0.4, -0.2) is 34.6 Å². The maximum absolute atomic E-state index is 13.0. The summed E-state index contributed by atoms with van der Waals surface area (Å²) in [7, 11) is 0. The number of halogens is 1. The first kappa shape index (κ1) is 20.3. The SMILES string of the molecule is Cc1c(C(=O)NC2CCNCC2C)sc2nc3n(c(=O)c12)CCCCC3.Cl. The van der Waals surface area contributed by atoms with Crippen molar-refractivity contribution in [3.05, 3.63) is 26.6 Å². The molecular weight excluding hydrogens is 384 g/mol. The molecular formula is C19H27ClN4O2S. The summed E-state index contributed by atoms with van der Waals surface area (Å²) in [6.45, 7) is 6.62. The van der Waals surface area contributed by atoms with Gasteiger partial charge in [0, 0.05) is 19.0 Å². The van der Waals surface area contributed by atoms with Crippen LogP contribution in [0.3, 0.4) is 0 Å². The molecule has 1 amide bonds. The second-order valence-electron chi connectivity index (χ2n) is 7.58. The minimum Gasteiger partial charge on any atom is -0.348 e. The third kappa shape index (κ3) is 3.77. The summed E-state index contributed by atoms with van der Waals surface area (Å²) < 4.78 is 1.83. The zero-order valence-corrected chi connectivity index (χ0v) is 17.5. The van der Waals surface area contributed by atoms with Gasteiger partial charge in [0.1, 0.15) is 10.7 Å². The summed E-state index contributed by atoms with van der Waals surface area (Å²) in [6.07, 6.45) is 5.01. The van der Waals surface area contributed by atoms with Gasteiger partial charge < -0.3 is 10.6 Å². The standard InChI is InChI=1S/C19H26N4O2S.ClH/c1-11-10-20-8-7-13(11)21-17(24)16-12(2)15-18(26-16)22-14-6-4-3-5-9-23(14)19(15)25;/h11,13,20H,3-10H2,1-2H3,(H,21,24);1H. The van der Waals surface area contributed by atoms with Crippen molar-refractivity contribution in [3.63, 3.8) is 0 Å². The number of rotatable bonds is 2. The molecule has 0 aliphatic carbocycles. The third-order valence-corrected chi connectivity index (χ3v) is 6.90. The summed E-state index contributed by atoms with van der Waals surface area (Å²) >= 11 is 1.36. The van der Waals surface area contributed by atoms with Gasteiger partial charge in [-0.3, -0.25) is 14.2 Å². The number of carbonyl (C=O) groups is 1. The Morgan fingerprint density at radius 2 is 2.15 bits per heavy atom. The predicted molar refractivity (Wildman–Crippen MR) is 111 cm³/mol. The van der Waals surface area contributed by atoms with E-state index in [4.69, 9.17) is 4.98 Å². The molecule has 4 rings (SSSR count). The van der Waals surface area contributed by atoms with Crippen molar-refractivity contribution in [2.45, 2.75) is 58.5 Å². The molecule has 8 heteroatoms. The molecule has 2 aromatic rings. The van der Waals surface area contributed by atoms with Gasteiger partial charge in [-0.05, 0) is 50.8 Å². The van der Waals surface area contributed by atoms with Gasteiger partial charge in [0.05, 0.1) is 10.3 Å². The molecule has 27 heavy (non-hydrogen) atoms. The number of amides is 1. The molecule has 4 heterocycles. The molecule has 2 aromatic heterocycles. The highest BCUT2D eigenvalue weighted by atomic mass is 35.5. The Hall–Kier alpha value is -1.44. The Labute approximate surface area is 169 Å². The normalized spacial score (nSPS) is 22.6. The van der Waals surface area contributed by atoms with E-state index in [2.05, 4.69) is 17.6 Å². The number of hydrogen-bond acceptors (Lipinski definition) is 5. The Balaban J connectivity index is 0.00000210. The lowest BCUT2D eigenvalue weighted by atomic mass is 9.95. The molecule has 148 valence electrons. The van der Waals surface area contributed by atoms with Crippen LogP contribution in [-0.2, 0) is 13.0 Å². The average Bonchev–Trinajstić information content (AvgIpc) is 2.80. The van der Waals surface area contributed by atoms with Crippen molar-refractivity contribution in [2.24, 2.45) is 5.92 Å². The quantitative estimate of drug-likeness (QED) is 0.797.